The van der Waals surface area contributed by atoms with Crippen LogP contribution >= 0.6 is 0 Å². The maximum Gasteiger partial charge on any atom is 0.243 e. The molecule has 3 aliphatic rings. The van der Waals surface area contributed by atoms with Crippen molar-refractivity contribution < 1.29 is 23.8 Å². The van der Waals surface area contributed by atoms with Gasteiger partial charge in [-0.15, -0.1) is 0 Å². The number of imide groups is 1. The zero-order chi connectivity index (χ0) is 24.3. The number of piperazine rings is 1. The quantitative estimate of drug-likeness (QED) is 0.249. The van der Waals surface area contributed by atoms with E-state index in [0.29, 0.717) is 59.0 Å². The molecule has 0 aromatic heterocycles. The van der Waals surface area contributed by atoms with Gasteiger partial charge in [0.25, 0.3) is 0 Å². The Bertz CT molecular complexity index is 832. The first kappa shape index (κ1) is 26.0. The van der Waals surface area contributed by atoms with Gasteiger partial charge >= 0.3 is 0 Å². The summed E-state index contributed by atoms with van der Waals surface area (Å²) >= 11 is 0. The second-order valence-corrected chi connectivity index (χ2v) is 9.17. The van der Waals surface area contributed by atoms with Crippen LogP contribution in [0.4, 0.5) is 5.69 Å². The van der Waals surface area contributed by atoms with E-state index in [2.05, 4.69) is 37.9 Å². The number of piperidine rings is 1. The summed E-state index contributed by atoms with van der Waals surface area (Å²) in [5.74, 6) is -0.355. The molecular formula is C25H39N5O5. The van der Waals surface area contributed by atoms with Gasteiger partial charge in [-0.1, -0.05) is 12.1 Å². The normalized spacial score (nSPS) is 21.2. The van der Waals surface area contributed by atoms with Gasteiger partial charge in [-0.25, -0.2) is 0 Å². The Labute approximate surface area is 207 Å². The number of hydrogen-bond donors (Lipinski definition) is 3. The molecule has 3 heterocycles. The fraction of sp³-hybridized carbons (Fsp3) is 0.680. The fourth-order valence-corrected chi connectivity index (χ4v) is 4.79. The van der Waals surface area contributed by atoms with Gasteiger partial charge in [-0.3, -0.25) is 24.7 Å². The van der Waals surface area contributed by atoms with Crippen LogP contribution in [-0.4, -0.2) is 107 Å². The zero-order valence-electron chi connectivity index (χ0n) is 20.6. The summed E-state index contributed by atoms with van der Waals surface area (Å²) in [6.45, 7) is 11.1. The van der Waals surface area contributed by atoms with Crippen molar-refractivity contribution in [3.8, 4) is 0 Å². The van der Waals surface area contributed by atoms with Gasteiger partial charge in [0, 0.05) is 64.5 Å². The standard InChI is InChI=1S/C25H39N5O5/c31-24-5-4-23(25(32)28-24)30-18-20-2-1-3-22(21(20)19-30)27-8-12-33-14-16-35-17-15-34-13-11-29-9-6-26-7-10-29/h1-3,23,26-27H,4-19H2,(H,28,31,32). The number of carbonyl (C=O) groups excluding carboxylic acids is 2. The molecule has 2 amide bonds. The minimum atomic E-state index is -0.242. The van der Waals surface area contributed by atoms with Crippen LogP contribution in [0.5, 0.6) is 0 Å². The van der Waals surface area contributed by atoms with Crippen LogP contribution in [0.25, 0.3) is 0 Å². The largest absolute Gasteiger partial charge is 0.382 e. The summed E-state index contributed by atoms with van der Waals surface area (Å²) in [6.07, 6.45) is 0.985. The molecule has 4 rings (SSSR count). The molecule has 0 aliphatic carbocycles. The van der Waals surface area contributed by atoms with Crippen LogP contribution in [0.3, 0.4) is 0 Å². The Balaban J connectivity index is 1.03. The summed E-state index contributed by atoms with van der Waals surface area (Å²) in [5.41, 5.74) is 3.52. The number of rotatable bonds is 14. The average molecular weight is 490 g/mol. The third kappa shape index (κ3) is 7.96. The average Bonchev–Trinajstić information content (AvgIpc) is 3.30. The lowest BCUT2D eigenvalue weighted by Gasteiger charge is -2.29. The molecule has 10 heteroatoms. The first-order valence-electron chi connectivity index (χ1n) is 12.8. The van der Waals surface area contributed by atoms with Crippen LogP contribution in [0, 0.1) is 0 Å². The number of anilines is 1. The summed E-state index contributed by atoms with van der Waals surface area (Å²) in [7, 11) is 0. The Kier molecular flexibility index (Phi) is 10.3. The van der Waals surface area contributed by atoms with E-state index in [1.165, 1.54) is 11.1 Å². The molecule has 1 aromatic rings. The molecule has 0 radical (unpaired) electrons. The summed E-state index contributed by atoms with van der Waals surface area (Å²) in [6, 6.07) is 5.97. The number of hydrogen-bond acceptors (Lipinski definition) is 9. The van der Waals surface area contributed by atoms with Gasteiger partial charge in [-0.05, 0) is 23.6 Å². The van der Waals surface area contributed by atoms with E-state index in [1.807, 2.05) is 6.07 Å². The summed E-state index contributed by atoms with van der Waals surface area (Å²) in [4.78, 5) is 28.3. The smallest absolute Gasteiger partial charge is 0.243 e. The second-order valence-electron chi connectivity index (χ2n) is 9.17. The van der Waals surface area contributed by atoms with Gasteiger partial charge < -0.3 is 24.8 Å². The molecule has 0 bridgehead atoms. The molecule has 3 aliphatic heterocycles. The zero-order valence-corrected chi connectivity index (χ0v) is 20.6. The molecule has 1 unspecified atom stereocenters. The maximum atomic E-state index is 12.2. The second kappa shape index (κ2) is 13.9. The highest BCUT2D eigenvalue weighted by molar-refractivity contribution is 6.00. The Morgan fingerprint density at radius 1 is 0.943 bits per heavy atom. The fourth-order valence-electron chi connectivity index (χ4n) is 4.79. The van der Waals surface area contributed by atoms with Crippen molar-refractivity contribution in [3.05, 3.63) is 29.3 Å². The molecular weight excluding hydrogens is 450 g/mol. The lowest BCUT2D eigenvalue weighted by molar-refractivity contribution is -0.137. The monoisotopic (exact) mass is 489 g/mol. The third-order valence-corrected chi connectivity index (χ3v) is 6.73. The lowest BCUT2D eigenvalue weighted by atomic mass is 10.0. The van der Waals surface area contributed by atoms with Crippen molar-refractivity contribution in [3.63, 3.8) is 0 Å². The number of nitrogens with one attached hydrogen (secondary N) is 3. The number of amides is 2. The topological polar surface area (TPSA) is 104 Å². The van der Waals surface area contributed by atoms with Crippen LogP contribution in [0.1, 0.15) is 24.0 Å². The third-order valence-electron chi connectivity index (χ3n) is 6.73. The summed E-state index contributed by atoms with van der Waals surface area (Å²) in [5, 5.41) is 9.28. The number of benzene rings is 1. The summed E-state index contributed by atoms with van der Waals surface area (Å²) < 4.78 is 16.9. The van der Waals surface area contributed by atoms with E-state index in [-0.39, 0.29) is 17.9 Å². The molecule has 1 atom stereocenters. The van der Waals surface area contributed by atoms with Crippen molar-refractivity contribution in [1.82, 2.24) is 20.4 Å². The van der Waals surface area contributed by atoms with Crippen molar-refractivity contribution in [1.29, 1.82) is 0 Å². The molecule has 0 saturated carbocycles. The van der Waals surface area contributed by atoms with Gasteiger partial charge in [0.15, 0.2) is 0 Å². The maximum absolute atomic E-state index is 12.2. The predicted molar refractivity (Wildman–Crippen MR) is 132 cm³/mol. The van der Waals surface area contributed by atoms with Crippen LogP contribution in [-0.2, 0) is 36.9 Å². The van der Waals surface area contributed by atoms with Crippen molar-refractivity contribution in [2.75, 3.05) is 84.2 Å². The number of ether oxygens (including phenoxy) is 3. The van der Waals surface area contributed by atoms with Crippen molar-refractivity contribution in [2.45, 2.75) is 32.0 Å². The molecule has 2 fully saturated rings. The van der Waals surface area contributed by atoms with Gasteiger partial charge in [0.2, 0.25) is 11.8 Å². The molecule has 194 valence electrons. The minimum Gasteiger partial charge on any atom is -0.382 e. The van der Waals surface area contributed by atoms with E-state index in [1.54, 1.807) is 0 Å². The van der Waals surface area contributed by atoms with E-state index in [0.717, 1.165) is 51.6 Å². The first-order valence-corrected chi connectivity index (χ1v) is 12.8. The highest BCUT2D eigenvalue weighted by Gasteiger charge is 2.35. The molecule has 10 nitrogen and oxygen atoms in total. The number of fused-ring (bicyclic) bond motifs is 1. The van der Waals surface area contributed by atoms with Crippen molar-refractivity contribution >= 4 is 17.5 Å². The van der Waals surface area contributed by atoms with E-state index in [4.69, 9.17) is 14.2 Å². The van der Waals surface area contributed by atoms with Crippen molar-refractivity contribution in [2.24, 2.45) is 0 Å². The van der Waals surface area contributed by atoms with Crippen LogP contribution < -0.4 is 16.0 Å². The molecule has 3 N–H and O–H groups in total. The Hall–Kier alpha value is -2.08. The molecule has 2 saturated heterocycles. The molecule has 0 spiro atoms. The lowest BCUT2D eigenvalue weighted by Crippen LogP contribution is -2.50. The first-order chi connectivity index (χ1) is 17.2. The molecule has 35 heavy (non-hydrogen) atoms. The highest BCUT2D eigenvalue weighted by Crippen LogP contribution is 2.32. The van der Waals surface area contributed by atoms with Crippen LogP contribution in [0.15, 0.2) is 18.2 Å². The van der Waals surface area contributed by atoms with Crippen LogP contribution in [0.2, 0.25) is 0 Å². The SMILES string of the molecule is O=C1CCC(N2Cc3cccc(NCCOCCOCCOCCN4CCNCC4)c3C2)C(=O)N1. The van der Waals surface area contributed by atoms with E-state index in [9.17, 15) is 9.59 Å². The number of carbonyl (C=O) groups is 2. The number of nitrogens with zero attached hydrogens (tertiary/aromatic N) is 2. The van der Waals surface area contributed by atoms with E-state index < -0.39 is 0 Å². The predicted octanol–water partition coefficient (Wildman–Crippen LogP) is 0.174. The molecule has 1 aromatic carbocycles. The highest BCUT2D eigenvalue weighted by atomic mass is 16.5. The van der Waals surface area contributed by atoms with Gasteiger partial charge in [-0.2, -0.15) is 0 Å². The Morgan fingerprint density at radius 2 is 1.69 bits per heavy atom. The Morgan fingerprint density at radius 3 is 2.46 bits per heavy atom. The van der Waals surface area contributed by atoms with Gasteiger partial charge in [0.1, 0.15) is 0 Å². The minimum absolute atomic E-state index is 0.176. The van der Waals surface area contributed by atoms with E-state index >= 15 is 0 Å². The van der Waals surface area contributed by atoms with Gasteiger partial charge in [0.05, 0.1) is 45.7 Å².